The van der Waals surface area contributed by atoms with Crippen molar-refractivity contribution in [1.29, 1.82) is 0 Å². The van der Waals surface area contributed by atoms with Crippen LogP contribution in [0.5, 0.6) is 0 Å². The fourth-order valence-electron chi connectivity index (χ4n) is 1.92. The largest absolute Gasteiger partial charge is 0.396 e. The van der Waals surface area contributed by atoms with Crippen molar-refractivity contribution in [3.63, 3.8) is 0 Å². The first-order valence-corrected chi connectivity index (χ1v) is 8.04. The summed E-state index contributed by atoms with van der Waals surface area (Å²) in [4.78, 5) is 9.11. The SMILES string of the molecule is CCCNc1cc(NCCCC(C)CO)nc(C(C)C)n1. The zero-order valence-corrected chi connectivity index (χ0v) is 13.8. The topological polar surface area (TPSA) is 70.1 Å². The minimum absolute atomic E-state index is 0.260. The van der Waals surface area contributed by atoms with Gasteiger partial charge in [-0.2, -0.15) is 0 Å². The first-order chi connectivity index (χ1) is 10.1. The van der Waals surface area contributed by atoms with Gasteiger partial charge >= 0.3 is 0 Å². The second kappa shape index (κ2) is 9.55. The molecule has 5 nitrogen and oxygen atoms in total. The van der Waals surface area contributed by atoms with E-state index in [1.807, 2.05) is 6.07 Å². The summed E-state index contributed by atoms with van der Waals surface area (Å²) in [5, 5.41) is 15.7. The van der Waals surface area contributed by atoms with Crippen LogP contribution in [0.2, 0.25) is 0 Å². The smallest absolute Gasteiger partial charge is 0.135 e. The standard InChI is InChI=1S/C16H30N4O/c1-5-8-17-14-10-15(20-16(19-14)12(2)3)18-9-6-7-13(4)11-21/h10,12-13,21H,5-9,11H2,1-4H3,(H2,17,18,19,20). The highest BCUT2D eigenvalue weighted by Gasteiger charge is 2.08. The molecule has 3 N–H and O–H groups in total. The van der Waals surface area contributed by atoms with Gasteiger partial charge in [-0.1, -0.05) is 27.7 Å². The van der Waals surface area contributed by atoms with Gasteiger partial charge in [-0.3, -0.25) is 0 Å². The summed E-state index contributed by atoms with van der Waals surface area (Å²) in [7, 11) is 0. The number of nitrogens with zero attached hydrogens (tertiary/aromatic N) is 2. The van der Waals surface area contributed by atoms with Crippen molar-refractivity contribution >= 4 is 11.6 Å². The van der Waals surface area contributed by atoms with Gasteiger partial charge in [0.1, 0.15) is 17.5 Å². The zero-order valence-electron chi connectivity index (χ0n) is 13.8. The Kier molecular flexibility index (Phi) is 8.05. The molecule has 0 bridgehead atoms. The minimum atomic E-state index is 0.260. The van der Waals surface area contributed by atoms with E-state index in [0.29, 0.717) is 11.8 Å². The summed E-state index contributed by atoms with van der Waals surface area (Å²) in [6.45, 7) is 10.5. The third-order valence-electron chi connectivity index (χ3n) is 3.31. The van der Waals surface area contributed by atoms with E-state index in [4.69, 9.17) is 5.11 Å². The fourth-order valence-corrected chi connectivity index (χ4v) is 1.92. The second-order valence-corrected chi connectivity index (χ2v) is 5.93. The fraction of sp³-hybridized carbons (Fsp3) is 0.750. The van der Waals surface area contributed by atoms with Gasteiger partial charge in [-0.05, 0) is 25.2 Å². The van der Waals surface area contributed by atoms with Crippen molar-refractivity contribution in [2.75, 3.05) is 30.3 Å². The Hall–Kier alpha value is -1.36. The maximum atomic E-state index is 9.02. The number of rotatable bonds is 10. The number of hydrogen-bond donors (Lipinski definition) is 3. The van der Waals surface area contributed by atoms with E-state index in [2.05, 4.69) is 48.3 Å². The predicted octanol–water partition coefficient (Wildman–Crippen LogP) is 3.24. The van der Waals surface area contributed by atoms with Crippen molar-refractivity contribution in [3.05, 3.63) is 11.9 Å². The number of nitrogens with one attached hydrogen (secondary N) is 2. The molecule has 0 aliphatic rings. The number of anilines is 2. The third-order valence-corrected chi connectivity index (χ3v) is 3.31. The van der Waals surface area contributed by atoms with Crippen LogP contribution in [0, 0.1) is 5.92 Å². The highest BCUT2D eigenvalue weighted by Crippen LogP contribution is 2.17. The van der Waals surface area contributed by atoms with Gasteiger partial charge < -0.3 is 15.7 Å². The molecule has 1 aromatic heterocycles. The van der Waals surface area contributed by atoms with Gasteiger partial charge in [0.25, 0.3) is 0 Å². The molecular formula is C16H30N4O. The molecule has 0 aliphatic carbocycles. The van der Waals surface area contributed by atoms with Crippen molar-refractivity contribution in [2.45, 2.75) is 52.9 Å². The molecule has 0 aromatic carbocycles. The molecule has 1 heterocycles. The molecule has 1 aromatic rings. The van der Waals surface area contributed by atoms with Crippen molar-refractivity contribution in [3.8, 4) is 0 Å². The Balaban J connectivity index is 2.60. The van der Waals surface area contributed by atoms with Gasteiger partial charge in [-0.25, -0.2) is 9.97 Å². The average Bonchev–Trinajstić information content (AvgIpc) is 2.49. The van der Waals surface area contributed by atoms with E-state index in [0.717, 1.165) is 49.8 Å². The summed E-state index contributed by atoms with van der Waals surface area (Å²) in [6, 6.07) is 1.97. The summed E-state index contributed by atoms with van der Waals surface area (Å²) in [6.07, 6.45) is 3.12. The zero-order chi connectivity index (χ0) is 15.7. The number of hydrogen-bond acceptors (Lipinski definition) is 5. The molecule has 0 saturated carbocycles. The molecule has 1 rings (SSSR count). The summed E-state index contributed by atoms with van der Waals surface area (Å²) in [5.41, 5.74) is 0. The summed E-state index contributed by atoms with van der Waals surface area (Å²) < 4.78 is 0. The van der Waals surface area contributed by atoms with Gasteiger partial charge in [0.2, 0.25) is 0 Å². The Labute approximate surface area is 128 Å². The molecule has 0 aliphatic heterocycles. The lowest BCUT2D eigenvalue weighted by atomic mass is 10.1. The molecule has 0 radical (unpaired) electrons. The first kappa shape index (κ1) is 17.7. The molecule has 120 valence electrons. The van der Waals surface area contributed by atoms with Gasteiger partial charge in [-0.15, -0.1) is 0 Å². The number of aliphatic hydroxyl groups is 1. The lowest BCUT2D eigenvalue weighted by Crippen LogP contribution is -2.11. The van der Waals surface area contributed by atoms with E-state index in [1.54, 1.807) is 0 Å². The molecule has 1 atom stereocenters. The van der Waals surface area contributed by atoms with Gasteiger partial charge in [0.15, 0.2) is 0 Å². The van der Waals surface area contributed by atoms with Gasteiger partial charge in [0.05, 0.1) is 0 Å². The molecular weight excluding hydrogens is 264 g/mol. The van der Waals surface area contributed by atoms with Crippen LogP contribution in [-0.2, 0) is 0 Å². The molecule has 1 unspecified atom stereocenters. The maximum absolute atomic E-state index is 9.02. The van der Waals surface area contributed by atoms with Gasteiger partial charge in [0, 0.05) is 31.7 Å². The van der Waals surface area contributed by atoms with Crippen LogP contribution in [-0.4, -0.2) is 34.8 Å². The predicted molar refractivity (Wildman–Crippen MR) is 88.9 cm³/mol. The van der Waals surface area contributed by atoms with E-state index in [-0.39, 0.29) is 6.61 Å². The minimum Gasteiger partial charge on any atom is -0.396 e. The summed E-state index contributed by atoms with van der Waals surface area (Å²) in [5.74, 6) is 3.31. The first-order valence-electron chi connectivity index (χ1n) is 8.04. The Bertz CT molecular complexity index is 409. The van der Waals surface area contributed by atoms with Crippen LogP contribution in [0.4, 0.5) is 11.6 Å². The lowest BCUT2D eigenvalue weighted by Gasteiger charge is -2.13. The Morgan fingerprint density at radius 3 is 2.24 bits per heavy atom. The van der Waals surface area contributed by atoms with E-state index < -0.39 is 0 Å². The number of aliphatic hydroxyl groups excluding tert-OH is 1. The van der Waals surface area contributed by atoms with Crippen molar-refractivity contribution in [2.24, 2.45) is 5.92 Å². The van der Waals surface area contributed by atoms with Crippen molar-refractivity contribution in [1.82, 2.24) is 9.97 Å². The van der Waals surface area contributed by atoms with E-state index in [1.165, 1.54) is 0 Å². The Morgan fingerprint density at radius 2 is 1.71 bits per heavy atom. The monoisotopic (exact) mass is 294 g/mol. The molecule has 5 heteroatoms. The second-order valence-electron chi connectivity index (χ2n) is 5.93. The lowest BCUT2D eigenvalue weighted by molar-refractivity contribution is 0.229. The third kappa shape index (κ3) is 6.76. The highest BCUT2D eigenvalue weighted by molar-refractivity contribution is 5.47. The normalized spacial score (nSPS) is 12.5. The van der Waals surface area contributed by atoms with Crippen LogP contribution < -0.4 is 10.6 Å². The maximum Gasteiger partial charge on any atom is 0.135 e. The van der Waals surface area contributed by atoms with Crippen molar-refractivity contribution < 1.29 is 5.11 Å². The molecule has 0 spiro atoms. The Morgan fingerprint density at radius 1 is 1.10 bits per heavy atom. The number of aromatic nitrogens is 2. The van der Waals surface area contributed by atoms with Crippen LogP contribution >= 0.6 is 0 Å². The molecule has 0 fully saturated rings. The quantitative estimate of drug-likeness (QED) is 0.578. The highest BCUT2D eigenvalue weighted by atomic mass is 16.3. The van der Waals surface area contributed by atoms with E-state index in [9.17, 15) is 0 Å². The molecule has 0 amide bonds. The van der Waals surface area contributed by atoms with Crippen LogP contribution in [0.15, 0.2) is 6.07 Å². The van der Waals surface area contributed by atoms with E-state index >= 15 is 0 Å². The molecule has 0 saturated heterocycles. The van der Waals surface area contributed by atoms with Crippen LogP contribution in [0.3, 0.4) is 0 Å². The summed E-state index contributed by atoms with van der Waals surface area (Å²) >= 11 is 0. The van der Waals surface area contributed by atoms with Crippen LogP contribution in [0.1, 0.15) is 58.7 Å². The van der Waals surface area contributed by atoms with Crippen LogP contribution in [0.25, 0.3) is 0 Å². The average molecular weight is 294 g/mol. The molecule has 21 heavy (non-hydrogen) atoms.